The molecule has 1 heterocycles. The molecule has 0 saturated heterocycles. The van der Waals surface area contributed by atoms with E-state index in [1.807, 2.05) is 0 Å². The average molecular weight is 277 g/mol. The van der Waals surface area contributed by atoms with E-state index in [9.17, 15) is 9.59 Å². The van der Waals surface area contributed by atoms with Crippen LogP contribution in [0.1, 0.15) is 27.8 Å². The highest BCUT2D eigenvalue weighted by Gasteiger charge is 2.20. The number of rotatable bonds is 5. The van der Waals surface area contributed by atoms with Gasteiger partial charge in [0.25, 0.3) is 0 Å². The van der Waals surface area contributed by atoms with E-state index in [1.165, 1.54) is 14.2 Å². The predicted octanol–water partition coefficient (Wildman–Crippen LogP) is 2.17. The Morgan fingerprint density at radius 3 is 2.45 bits per heavy atom. The van der Waals surface area contributed by atoms with Crippen molar-refractivity contribution in [2.45, 2.75) is 6.92 Å². The number of carbonyl (C=O) groups is 2. The highest BCUT2D eigenvalue weighted by molar-refractivity contribution is 6.08. The van der Waals surface area contributed by atoms with Crippen molar-refractivity contribution < 1.29 is 23.8 Å². The summed E-state index contributed by atoms with van der Waals surface area (Å²) in [6.45, 7) is 1.94. The van der Waals surface area contributed by atoms with Crippen molar-refractivity contribution in [3.8, 4) is 11.5 Å². The van der Waals surface area contributed by atoms with Crippen LogP contribution in [0.15, 0.2) is 12.1 Å². The van der Waals surface area contributed by atoms with Gasteiger partial charge in [-0.05, 0) is 13.0 Å². The molecule has 0 aliphatic heterocycles. The molecule has 6 nitrogen and oxygen atoms in total. The SMILES string of the molecule is CCOC(=O)c1[nH]c2cc(OC)c(OC)cc2c1C=O. The van der Waals surface area contributed by atoms with Gasteiger partial charge < -0.3 is 19.2 Å². The Hall–Kier alpha value is -2.50. The third-order valence-corrected chi connectivity index (χ3v) is 2.94. The van der Waals surface area contributed by atoms with Gasteiger partial charge in [0.1, 0.15) is 5.69 Å². The Kier molecular flexibility index (Phi) is 3.93. The summed E-state index contributed by atoms with van der Waals surface area (Å²) in [7, 11) is 3.02. The molecule has 1 aromatic heterocycles. The summed E-state index contributed by atoms with van der Waals surface area (Å²) in [4.78, 5) is 26.0. The van der Waals surface area contributed by atoms with Gasteiger partial charge in [-0.3, -0.25) is 4.79 Å². The Balaban J connectivity index is 2.67. The molecule has 1 aromatic carbocycles. The van der Waals surface area contributed by atoms with Crippen LogP contribution in [0.25, 0.3) is 10.9 Å². The molecule has 0 aliphatic carbocycles. The molecule has 0 fully saturated rings. The summed E-state index contributed by atoms with van der Waals surface area (Å²) in [5.74, 6) is 0.426. The minimum Gasteiger partial charge on any atom is -0.493 e. The minimum absolute atomic E-state index is 0.132. The van der Waals surface area contributed by atoms with E-state index in [4.69, 9.17) is 14.2 Å². The Morgan fingerprint density at radius 2 is 1.90 bits per heavy atom. The van der Waals surface area contributed by atoms with Crippen molar-refractivity contribution in [3.05, 3.63) is 23.4 Å². The van der Waals surface area contributed by atoms with Gasteiger partial charge in [-0.15, -0.1) is 0 Å². The average Bonchev–Trinajstić information content (AvgIpc) is 2.83. The molecule has 0 saturated carbocycles. The van der Waals surface area contributed by atoms with Crippen LogP contribution in [-0.2, 0) is 4.74 Å². The van der Waals surface area contributed by atoms with Gasteiger partial charge >= 0.3 is 5.97 Å². The predicted molar refractivity (Wildman–Crippen MR) is 72.7 cm³/mol. The smallest absolute Gasteiger partial charge is 0.355 e. The highest BCUT2D eigenvalue weighted by Crippen LogP contribution is 2.34. The maximum Gasteiger partial charge on any atom is 0.355 e. The second-order valence-corrected chi connectivity index (χ2v) is 4.00. The first kappa shape index (κ1) is 13.9. The molecule has 0 spiro atoms. The van der Waals surface area contributed by atoms with Crippen molar-refractivity contribution in [1.82, 2.24) is 4.98 Å². The van der Waals surface area contributed by atoms with Crippen LogP contribution in [0.4, 0.5) is 0 Å². The molecule has 0 unspecified atom stereocenters. The normalized spacial score (nSPS) is 10.3. The number of esters is 1. The fraction of sp³-hybridized carbons (Fsp3) is 0.286. The lowest BCUT2D eigenvalue weighted by Crippen LogP contribution is -2.07. The zero-order chi connectivity index (χ0) is 14.7. The zero-order valence-electron chi connectivity index (χ0n) is 11.5. The fourth-order valence-corrected chi connectivity index (χ4v) is 2.03. The van der Waals surface area contributed by atoms with Crippen molar-refractivity contribution in [1.29, 1.82) is 0 Å². The number of aromatic nitrogens is 1. The van der Waals surface area contributed by atoms with Gasteiger partial charge in [-0.2, -0.15) is 0 Å². The van der Waals surface area contributed by atoms with Gasteiger partial charge in [0, 0.05) is 11.5 Å². The van der Waals surface area contributed by atoms with E-state index in [-0.39, 0.29) is 17.9 Å². The number of methoxy groups -OCH3 is 2. The van der Waals surface area contributed by atoms with E-state index in [1.54, 1.807) is 19.1 Å². The molecule has 0 amide bonds. The van der Waals surface area contributed by atoms with Gasteiger partial charge in [0.15, 0.2) is 17.8 Å². The number of nitrogens with one attached hydrogen (secondary N) is 1. The van der Waals surface area contributed by atoms with Crippen LogP contribution in [0.3, 0.4) is 0 Å². The zero-order valence-corrected chi connectivity index (χ0v) is 11.5. The molecule has 0 bridgehead atoms. The quantitative estimate of drug-likeness (QED) is 0.669. The summed E-state index contributed by atoms with van der Waals surface area (Å²) in [6.07, 6.45) is 0.622. The second kappa shape index (κ2) is 5.64. The van der Waals surface area contributed by atoms with E-state index in [0.717, 1.165) is 0 Å². The third kappa shape index (κ3) is 2.20. The summed E-state index contributed by atoms with van der Waals surface area (Å²) in [5, 5.41) is 0.584. The van der Waals surface area contributed by atoms with Crippen molar-refractivity contribution in [2.75, 3.05) is 20.8 Å². The first-order chi connectivity index (χ1) is 9.65. The molecule has 0 radical (unpaired) electrons. The molecule has 20 heavy (non-hydrogen) atoms. The van der Waals surface area contributed by atoms with Crippen molar-refractivity contribution in [3.63, 3.8) is 0 Å². The second-order valence-electron chi connectivity index (χ2n) is 4.00. The number of hydrogen-bond donors (Lipinski definition) is 1. The van der Waals surface area contributed by atoms with Gasteiger partial charge in [0.05, 0.1) is 31.9 Å². The summed E-state index contributed by atoms with van der Waals surface area (Å²) < 4.78 is 15.3. The number of aromatic amines is 1. The topological polar surface area (TPSA) is 77.6 Å². The molecular weight excluding hydrogens is 262 g/mol. The lowest BCUT2D eigenvalue weighted by molar-refractivity contribution is 0.0518. The monoisotopic (exact) mass is 277 g/mol. The molecular formula is C14H15NO5. The van der Waals surface area contributed by atoms with Crippen LogP contribution in [0, 0.1) is 0 Å². The van der Waals surface area contributed by atoms with E-state index in [0.29, 0.717) is 28.7 Å². The van der Waals surface area contributed by atoms with Crippen LogP contribution >= 0.6 is 0 Å². The highest BCUT2D eigenvalue weighted by atomic mass is 16.5. The summed E-state index contributed by atoms with van der Waals surface area (Å²) in [5.41, 5.74) is 0.986. The van der Waals surface area contributed by atoms with Gasteiger partial charge in [-0.25, -0.2) is 4.79 Å². The molecule has 106 valence electrons. The Labute approximate surface area is 115 Å². The van der Waals surface area contributed by atoms with Crippen LogP contribution in [-0.4, -0.2) is 38.1 Å². The Bertz CT molecular complexity index is 659. The van der Waals surface area contributed by atoms with E-state index >= 15 is 0 Å². The summed E-state index contributed by atoms with van der Waals surface area (Å²) in [6, 6.07) is 3.32. The number of hydrogen-bond acceptors (Lipinski definition) is 5. The number of H-pyrrole nitrogens is 1. The molecule has 6 heteroatoms. The third-order valence-electron chi connectivity index (χ3n) is 2.94. The molecule has 1 N–H and O–H groups in total. The fourth-order valence-electron chi connectivity index (χ4n) is 2.03. The van der Waals surface area contributed by atoms with Gasteiger partial charge in [-0.1, -0.05) is 0 Å². The standard InChI is InChI=1S/C14H15NO5/c1-4-20-14(17)13-9(7-16)8-5-11(18-2)12(19-3)6-10(8)15-13/h5-7,15H,4H2,1-3H3. The maximum absolute atomic E-state index is 11.8. The first-order valence-corrected chi connectivity index (χ1v) is 6.06. The van der Waals surface area contributed by atoms with Crippen molar-refractivity contribution >= 4 is 23.2 Å². The van der Waals surface area contributed by atoms with Gasteiger partial charge in [0.2, 0.25) is 0 Å². The Morgan fingerprint density at radius 1 is 1.25 bits per heavy atom. The van der Waals surface area contributed by atoms with E-state index < -0.39 is 5.97 Å². The largest absolute Gasteiger partial charge is 0.493 e. The lowest BCUT2D eigenvalue weighted by Gasteiger charge is -2.07. The van der Waals surface area contributed by atoms with Crippen LogP contribution < -0.4 is 9.47 Å². The van der Waals surface area contributed by atoms with E-state index in [2.05, 4.69) is 4.98 Å². The number of aldehydes is 1. The minimum atomic E-state index is -0.566. The lowest BCUT2D eigenvalue weighted by atomic mass is 10.1. The number of ether oxygens (including phenoxy) is 3. The molecule has 0 aliphatic rings. The summed E-state index contributed by atoms with van der Waals surface area (Å²) >= 11 is 0. The maximum atomic E-state index is 11.8. The van der Waals surface area contributed by atoms with Crippen LogP contribution in [0.2, 0.25) is 0 Å². The van der Waals surface area contributed by atoms with Crippen molar-refractivity contribution in [2.24, 2.45) is 0 Å². The number of carbonyl (C=O) groups excluding carboxylic acids is 2. The number of benzene rings is 1. The number of fused-ring (bicyclic) bond motifs is 1. The molecule has 0 atom stereocenters. The molecule has 2 aromatic rings. The van der Waals surface area contributed by atoms with Crippen LogP contribution in [0.5, 0.6) is 11.5 Å². The first-order valence-electron chi connectivity index (χ1n) is 6.06. The molecule has 2 rings (SSSR count).